The molecule has 0 aromatic carbocycles. The Labute approximate surface area is 103 Å². The lowest BCUT2D eigenvalue weighted by molar-refractivity contribution is 0.0618. The molecule has 1 aromatic rings. The van der Waals surface area contributed by atoms with Crippen LogP contribution in [0.25, 0.3) is 0 Å². The first-order valence-corrected chi connectivity index (χ1v) is 6.11. The Morgan fingerprint density at radius 3 is 2.88 bits per heavy atom. The van der Waals surface area contributed by atoms with Gasteiger partial charge in [-0.3, -0.25) is 9.58 Å². The van der Waals surface area contributed by atoms with E-state index in [2.05, 4.69) is 28.1 Å². The highest BCUT2D eigenvalue weighted by atomic mass is 16.5. The molecule has 0 spiro atoms. The zero-order chi connectivity index (χ0) is 12.3. The molecule has 5 nitrogen and oxygen atoms in total. The maximum atomic E-state index is 5.18. The van der Waals surface area contributed by atoms with Crippen molar-refractivity contribution in [1.82, 2.24) is 19.6 Å². The van der Waals surface area contributed by atoms with Crippen molar-refractivity contribution in [3.05, 3.63) is 18.0 Å². The molecule has 1 fully saturated rings. The SMILES string of the molecule is COCCN1CCN(C)CC1c1cnn(C)c1. The molecule has 0 N–H and O–H groups in total. The van der Waals surface area contributed by atoms with Crippen molar-refractivity contribution in [3.8, 4) is 0 Å². The molecule has 1 atom stereocenters. The van der Waals surface area contributed by atoms with Crippen molar-refractivity contribution >= 4 is 0 Å². The van der Waals surface area contributed by atoms with Gasteiger partial charge in [-0.1, -0.05) is 0 Å². The van der Waals surface area contributed by atoms with E-state index in [0.29, 0.717) is 6.04 Å². The van der Waals surface area contributed by atoms with E-state index in [1.54, 1.807) is 7.11 Å². The Morgan fingerprint density at radius 1 is 1.41 bits per heavy atom. The second-order valence-electron chi connectivity index (χ2n) is 4.75. The van der Waals surface area contributed by atoms with Crippen LogP contribution in [0.1, 0.15) is 11.6 Å². The third-order valence-electron chi connectivity index (χ3n) is 3.39. The topological polar surface area (TPSA) is 33.5 Å². The molecule has 2 rings (SSSR count). The molecule has 1 unspecified atom stereocenters. The van der Waals surface area contributed by atoms with Gasteiger partial charge >= 0.3 is 0 Å². The van der Waals surface area contributed by atoms with Gasteiger partial charge in [0, 0.05) is 52.1 Å². The number of aromatic nitrogens is 2. The van der Waals surface area contributed by atoms with Crippen LogP contribution in [0.15, 0.2) is 12.4 Å². The van der Waals surface area contributed by atoms with Gasteiger partial charge in [-0.25, -0.2) is 0 Å². The molecule has 0 bridgehead atoms. The predicted molar refractivity (Wildman–Crippen MR) is 66.9 cm³/mol. The third kappa shape index (κ3) is 3.06. The van der Waals surface area contributed by atoms with Crippen LogP contribution in [0.3, 0.4) is 0 Å². The predicted octanol–water partition coefficient (Wildman–Crippen LogP) is 0.355. The number of ether oxygens (including phenoxy) is 1. The third-order valence-corrected chi connectivity index (χ3v) is 3.39. The van der Waals surface area contributed by atoms with Gasteiger partial charge in [-0.15, -0.1) is 0 Å². The van der Waals surface area contributed by atoms with Gasteiger partial charge in [-0.2, -0.15) is 5.10 Å². The first kappa shape index (κ1) is 12.5. The second-order valence-corrected chi connectivity index (χ2v) is 4.75. The van der Waals surface area contributed by atoms with Gasteiger partial charge in [0.25, 0.3) is 0 Å². The van der Waals surface area contributed by atoms with Crippen molar-refractivity contribution < 1.29 is 4.74 Å². The summed E-state index contributed by atoms with van der Waals surface area (Å²) in [6, 6.07) is 0.442. The molecule has 17 heavy (non-hydrogen) atoms. The van der Waals surface area contributed by atoms with Crippen molar-refractivity contribution in [1.29, 1.82) is 0 Å². The summed E-state index contributed by atoms with van der Waals surface area (Å²) >= 11 is 0. The number of methoxy groups -OCH3 is 1. The van der Waals surface area contributed by atoms with E-state index in [1.807, 2.05) is 17.9 Å². The fourth-order valence-electron chi connectivity index (χ4n) is 2.36. The molecule has 1 aliphatic heterocycles. The van der Waals surface area contributed by atoms with Gasteiger partial charge in [0.1, 0.15) is 0 Å². The van der Waals surface area contributed by atoms with Gasteiger partial charge in [0.05, 0.1) is 18.8 Å². The Kier molecular flexibility index (Phi) is 4.15. The molecule has 0 radical (unpaired) electrons. The van der Waals surface area contributed by atoms with E-state index in [4.69, 9.17) is 4.74 Å². The molecular weight excluding hydrogens is 216 g/mol. The molecule has 1 saturated heterocycles. The fraction of sp³-hybridized carbons (Fsp3) is 0.750. The minimum Gasteiger partial charge on any atom is -0.383 e. The van der Waals surface area contributed by atoms with Crippen LogP contribution in [-0.4, -0.2) is 66.5 Å². The summed E-state index contributed by atoms with van der Waals surface area (Å²) in [5.74, 6) is 0. The molecule has 2 heterocycles. The summed E-state index contributed by atoms with van der Waals surface area (Å²) in [5.41, 5.74) is 1.30. The van der Waals surface area contributed by atoms with E-state index in [9.17, 15) is 0 Å². The number of likely N-dealkylation sites (N-methyl/N-ethyl adjacent to an activating group) is 1. The highest BCUT2D eigenvalue weighted by molar-refractivity contribution is 5.12. The fourth-order valence-corrected chi connectivity index (χ4v) is 2.36. The van der Waals surface area contributed by atoms with E-state index >= 15 is 0 Å². The highest BCUT2D eigenvalue weighted by Crippen LogP contribution is 2.23. The number of rotatable bonds is 4. The summed E-state index contributed by atoms with van der Waals surface area (Å²) in [4.78, 5) is 4.86. The number of nitrogens with zero attached hydrogens (tertiary/aromatic N) is 4. The van der Waals surface area contributed by atoms with Crippen LogP contribution >= 0.6 is 0 Å². The van der Waals surface area contributed by atoms with Gasteiger partial charge in [0.15, 0.2) is 0 Å². The van der Waals surface area contributed by atoms with Crippen molar-refractivity contribution in [2.24, 2.45) is 7.05 Å². The molecule has 0 aliphatic carbocycles. The van der Waals surface area contributed by atoms with Crippen LogP contribution in [0.4, 0.5) is 0 Å². The minimum atomic E-state index is 0.442. The number of aryl methyl sites for hydroxylation is 1. The highest BCUT2D eigenvalue weighted by Gasteiger charge is 2.26. The lowest BCUT2D eigenvalue weighted by atomic mass is 10.1. The maximum Gasteiger partial charge on any atom is 0.0589 e. The van der Waals surface area contributed by atoms with Crippen molar-refractivity contribution in [3.63, 3.8) is 0 Å². The average Bonchev–Trinajstić information content (AvgIpc) is 2.74. The maximum absolute atomic E-state index is 5.18. The van der Waals surface area contributed by atoms with Gasteiger partial charge < -0.3 is 9.64 Å². The molecule has 1 aliphatic rings. The van der Waals surface area contributed by atoms with E-state index in [1.165, 1.54) is 5.56 Å². The van der Waals surface area contributed by atoms with Crippen LogP contribution in [0, 0.1) is 0 Å². The van der Waals surface area contributed by atoms with Gasteiger partial charge in [0.2, 0.25) is 0 Å². The number of hydrogen-bond donors (Lipinski definition) is 0. The summed E-state index contributed by atoms with van der Waals surface area (Å²) in [6.07, 6.45) is 4.09. The second kappa shape index (κ2) is 5.62. The van der Waals surface area contributed by atoms with Crippen molar-refractivity contribution in [2.45, 2.75) is 6.04 Å². The number of hydrogen-bond acceptors (Lipinski definition) is 4. The van der Waals surface area contributed by atoms with E-state index in [0.717, 1.165) is 32.8 Å². The summed E-state index contributed by atoms with van der Waals surface area (Å²) < 4.78 is 7.06. The van der Waals surface area contributed by atoms with Crippen molar-refractivity contribution in [2.75, 3.05) is 46.9 Å². The molecule has 96 valence electrons. The Morgan fingerprint density at radius 2 is 2.24 bits per heavy atom. The van der Waals surface area contributed by atoms with E-state index < -0.39 is 0 Å². The lowest BCUT2D eigenvalue weighted by Gasteiger charge is -2.39. The molecule has 0 amide bonds. The molecule has 5 heteroatoms. The summed E-state index contributed by atoms with van der Waals surface area (Å²) in [5, 5.41) is 4.27. The van der Waals surface area contributed by atoms with Gasteiger partial charge in [-0.05, 0) is 7.05 Å². The lowest BCUT2D eigenvalue weighted by Crippen LogP contribution is -2.47. The largest absolute Gasteiger partial charge is 0.383 e. The summed E-state index contributed by atoms with van der Waals surface area (Å²) in [7, 11) is 5.90. The van der Waals surface area contributed by atoms with Crippen LogP contribution in [-0.2, 0) is 11.8 Å². The molecule has 1 aromatic heterocycles. The normalized spacial score (nSPS) is 23.1. The Hall–Kier alpha value is -0.910. The van der Waals surface area contributed by atoms with E-state index in [-0.39, 0.29) is 0 Å². The standard InChI is InChI=1S/C12H22N4O/c1-14-4-5-16(6-7-17-3)12(10-14)11-8-13-15(2)9-11/h8-9,12H,4-7,10H2,1-3H3. The number of piperazine rings is 1. The first-order chi connectivity index (χ1) is 8.20. The quantitative estimate of drug-likeness (QED) is 0.758. The summed E-state index contributed by atoms with van der Waals surface area (Å²) in [6.45, 7) is 5.07. The minimum absolute atomic E-state index is 0.442. The average molecular weight is 238 g/mol. The molecule has 0 saturated carbocycles. The zero-order valence-electron chi connectivity index (χ0n) is 11.0. The first-order valence-electron chi connectivity index (χ1n) is 6.11. The Bertz CT molecular complexity index is 350. The Balaban J connectivity index is 2.08. The monoisotopic (exact) mass is 238 g/mol. The van der Waals surface area contributed by atoms with Crippen LogP contribution in [0.5, 0.6) is 0 Å². The zero-order valence-corrected chi connectivity index (χ0v) is 11.0. The molecular formula is C12H22N4O. The smallest absolute Gasteiger partial charge is 0.0589 e. The van der Waals surface area contributed by atoms with Crippen LogP contribution in [0.2, 0.25) is 0 Å². The van der Waals surface area contributed by atoms with Crippen LogP contribution < -0.4 is 0 Å².